The average molecular weight is 357 g/mol. The highest BCUT2D eigenvalue weighted by Gasteiger charge is 2.28. The van der Waals surface area contributed by atoms with Crippen molar-refractivity contribution in [1.29, 1.82) is 0 Å². The van der Waals surface area contributed by atoms with Crippen molar-refractivity contribution in [3.05, 3.63) is 59.9 Å². The van der Waals surface area contributed by atoms with Crippen molar-refractivity contribution < 1.29 is 14.2 Å². The lowest BCUT2D eigenvalue weighted by Gasteiger charge is -2.30. The summed E-state index contributed by atoms with van der Waals surface area (Å²) in [4.78, 5) is 0. The van der Waals surface area contributed by atoms with Gasteiger partial charge in [-0.2, -0.15) is 0 Å². The Balaban J connectivity index is 1.58. The molecule has 26 heavy (non-hydrogen) atoms. The van der Waals surface area contributed by atoms with Gasteiger partial charge in [0.2, 0.25) is 0 Å². The molecule has 2 heterocycles. The minimum atomic E-state index is -0.0702. The van der Waals surface area contributed by atoms with E-state index in [1.54, 1.807) is 0 Å². The van der Waals surface area contributed by atoms with Crippen molar-refractivity contribution >= 4 is 0 Å². The average Bonchev–Trinajstić information content (AvgIpc) is 3.54. The number of hydrogen-bond donors (Lipinski definition) is 0. The molecule has 0 aromatic carbocycles. The van der Waals surface area contributed by atoms with Crippen molar-refractivity contribution in [3.63, 3.8) is 0 Å². The van der Waals surface area contributed by atoms with Gasteiger partial charge in [0.15, 0.2) is 0 Å². The second-order valence-corrected chi connectivity index (χ2v) is 8.04. The molecule has 0 saturated carbocycles. The molecular formula is C23H32O3. The Hall–Kier alpha value is -1.58. The molecule has 0 bridgehead atoms. The van der Waals surface area contributed by atoms with Crippen LogP contribution in [0, 0.1) is 11.3 Å². The van der Waals surface area contributed by atoms with Crippen molar-refractivity contribution in [2.24, 2.45) is 11.3 Å². The molecular weight excluding hydrogens is 324 g/mol. The van der Waals surface area contributed by atoms with Crippen LogP contribution in [0.2, 0.25) is 0 Å². The normalized spacial score (nSPS) is 28.6. The van der Waals surface area contributed by atoms with E-state index >= 15 is 0 Å². The highest BCUT2D eigenvalue weighted by atomic mass is 16.6. The zero-order chi connectivity index (χ0) is 18.6. The molecule has 0 amide bonds. The van der Waals surface area contributed by atoms with Crippen LogP contribution in [0.5, 0.6) is 0 Å². The van der Waals surface area contributed by atoms with Crippen LogP contribution in [-0.2, 0) is 14.2 Å². The fourth-order valence-corrected chi connectivity index (χ4v) is 3.32. The number of hydrogen-bond acceptors (Lipinski definition) is 3. The molecule has 0 aromatic rings. The van der Waals surface area contributed by atoms with Gasteiger partial charge in [0, 0.05) is 5.41 Å². The van der Waals surface area contributed by atoms with Crippen LogP contribution in [0.25, 0.3) is 0 Å². The van der Waals surface area contributed by atoms with E-state index in [1.165, 1.54) is 24.0 Å². The lowest BCUT2D eigenvalue weighted by atomic mass is 9.74. The topological polar surface area (TPSA) is 34.3 Å². The largest absolute Gasteiger partial charge is 0.495 e. The van der Waals surface area contributed by atoms with Gasteiger partial charge in [-0.25, -0.2) is 0 Å². The summed E-state index contributed by atoms with van der Waals surface area (Å²) in [5, 5.41) is 0. The molecule has 3 aliphatic rings. The van der Waals surface area contributed by atoms with Gasteiger partial charge in [0.05, 0.1) is 25.1 Å². The fourth-order valence-electron chi connectivity index (χ4n) is 3.32. The molecule has 0 N–H and O–H groups in total. The predicted octanol–water partition coefficient (Wildman–Crippen LogP) is 5.13. The van der Waals surface area contributed by atoms with Crippen LogP contribution in [0.1, 0.15) is 40.0 Å². The summed E-state index contributed by atoms with van der Waals surface area (Å²) < 4.78 is 16.2. The first-order chi connectivity index (χ1) is 12.5. The summed E-state index contributed by atoms with van der Waals surface area (Å²) in [5.74, 6) is 1.56. The van der Waals surface area contributed by atoms with E-state index in [9.17, 15) is 0 Å². The molecule has 2 saturated heterocycles. The third-order valence-electron chi connectivity index (χ3n) is 5.51. The first-order valence-corrected chi connectivity index (χ1v) is 9.75. The Morgan fingerprint density at radius 3 is 2.54 bits per heavy atom. The molecule has 0 aromatic heterocycles. The van der Waals surface area contributed by atoms with Crippen LogP contribution >= 0.6 is 0 Å². The van der Waals surface area contributed by atoms with E-state index in [2.05, 4.69) is 44.7 Å². The Morgan fingerprint density at radius 2 is 1.96 bits per heavy atom. The highest BCUT2D eigenvalue weighted by molar-refractivity contribution is 5.42. The van der Waals surface area contributed by atoms with E-state index in [4.69, 9.17) is 14.2 Å². The fraction of sp³-hybridized carbons (Fsp3) is 0.565. The van der Waals surface area contributed by atoms with E-state index in [1.807, 2.05) is 19.1 Å². The van der Waals surface area contributed by atoms with E-state index < -0.39 is 0 Å². The smallest absolute Gasteiger partial charge is 0.116 e. The van der Waals surface area contributed by atoms with Gasteiger partial charge in [-0.15, -0.1) is 0 Å². The van der Waals surface area contributed by atoms with Gasteiger partial charge >= 0.3 is 0 Å². The van der Waals surface area contributed by atoms with Gasteiger partial charge in [-0.1, -0.05) is 50.8 Å². The maximum Gasteiger partial charge on any atom is 0.116 e. The molecule has 3 atom stereocenters. The molecule has 3 heteroatoms. The molecule has 3 rings (SSSR count). The Kier molecular flexibility index (Phi) is 6.20. The standard InChI is InChI=1S/C23H32O3/c1-5-19(10-6-17(2)24-15-22-16-26-22)23(3,4)20-11-7-18(8-12-20)9-13-21-14-25-21/h5-7,10-12,18,21-22H,1,8-9,13-16H2,2-4H3/b17-6+,19-10+. The molecule has 2 fully saturated rings. The summed E-state index contributed by atoms with van der Waals surface area (Å²) in [7, 11) is 0. The highest BCUT2D eigenvalue weighted by Crippen LogP contribution is 2.39. The van der Waals surface area contributed by atoms with Gasteiger partial charge in [-0.05, 0) is 49.3 Å². The predicted molar refractivity (Wildman–Crippen MR) is 106 cm³/mol. The molecule has 3 unspecified atom stereocenters. The SMILES string of the molecule is C=C/C(=C\C=C(/C)OCC1CO1)C(C)(C)C1=CCC(CCC2CO2)C=C1. The monoisotopic (exact) mass is 356 g/mol. The van der Waals surface area contributed by atoms with Crippen LogP contribution < -0.4 is 0 Å². The Labute approximate surface area is 158 Å². The number of rotatable bonds is 10. The van der Waals surface area contributed by atoms with Gasteiger partial charge in [-0.3, -0.25) is 0 Å². The first-order valence-electron chi connectivity index (χ1n) is 9.75. The quantitative estimate of drug-likeness (QED) is 0.309. The minimum Gasteiger partial charge on any atom is -0.495 e. The zero-order valence-electron chi connectivity index (χ0n) is 16.4. The molecule has 1 aliphatic carbocycles. The summed E-state index contributed by atoms with van der Waals surface area (Å²) in [5.41, 5.74) is 2.49. The van der Waals surface area contributed by atoms with Crippen LogP contribution in [0.15, 0.2) is 59.9 Å². The summed E-state index contributed by atoms with van der Waals surface area (Å²) in [6, 6.07) is 0. The number of ether oxygens (including phenoxy) is 3. The van der Waals surface area contributed by atoms with Gasteiger partial charge in [0.1, 0.15) is 12.7 Å². The molecule has 3 nitrogen and oxygen atoms in total. The lowest BCUT2D eigenvalue weighted by molar-refractivity contribution is 0.184. The number of allylic oxidation sites excluding steroid dienone is 9. The van der Waals surface area contributed by atoms with Crippen LogP contribution in [0.3, 0.4) is 0 Å². The molecule has 0 spiro atoms. The Bertz CT molecular complexity index is 628. The first kappa shape index (κ1) is 19.2. The maximum absolute atomic E-state index is 5.70. The molecule has 2 aliphatic heterocycles. The van der Waals surface area contributed by atoms with Crippen LogP contribution in [0.4, 0.5) is 0 Å². The van der Waals surface area contributed by atoms with E-state index in [-0.39, 0.29) is 11.5 Å². The van der Waals surface area contributed by atoms with Crippen molar-refractivity contribution in [1.82, 2.24) is 0 Å². The van der Waals surface area contributed by atoms with E-state index in [0.717, 1.165) is 25.4 Å². The van der Waals surface area contributed by atoms with Crippen molar-refractivity contribution in [3.8, 4) is 0 Å². The van der Waals surface area contributed by atoms with Gasteiger partial charge < -0.3 is 14.2 Å². The van der Waals surface area contributed by atoms with E-state index in [0.29, 0.717) is 18.6 Å². The lowest BCUT2D eigenvalue weighted by Crippen LogP contribution is -2.18. The Morgan fingerprint density at radius 1 is 1.23 bits per heavy atom. The van der Waals surface area contributed by atoms with Gasteiger partial charge in [0.25, 0.3) is 0 Å². The summed E-state index contributed by atoms with van der Waals surface area (Å²) >= 11 is 0. The second kappa shape index (κ2) is 8.41. The molecule has 142 valence electrons. The maximum atomic E-state index is 5.70. The molecule has 0 radical (unpaired) electrons. The summed E-state index contributed by atoms with van der Waals surface area (Å²) in [6.45, 7) is 13.0. The van der Waals surface area contributed by atoms with Crippen molar-refractivity contribution in [2.75, 3.05) is 19.8 Å². The van der Waals surface area contributed by atoms with Crippen LogP contribution in [-0.4, -0.2) is 32.0 Å². The third kappa shape index (κ3) is 5.46. The second-order valence-electron chi connectivity index (χ2n) is 8.04. The minimum absolute atomic E-state index is 0.0702. The third-order valence-corrected chi connectivity index (χ3v) is 5.51. The summed E-state index contributed by atoms with van der Waals surface area (Å²) in [6.07, 6.45) is 17.5. The van der Waals surface area contributed by atoms with Crippen molar-refractivity contribution in [2.45, 2.75) is 52.2 Å². The zero-order valence-corrected chi connectivity index (χ0v) is 16.4. The number of epoxide rings is 2.